The van der Waals surface area contributed by atoms with Crippen LogP contribution in [0.1, 0.15) is 0 Å². The van der Waals surface area contributed by atoms with Crippen LogP contribution in [-0.2, 0) is 11.3 Å². The number of nitrogens with one attached hydrogen (secondary N) is 1. The van der Waals surface area contributed by atoms with E-state index in [-0.39, 0.29) is 5.96 Å². The fraction of sp³-hybridized carbons (Fsp3) is 0. The number of benzene rings is 1. The topological polar surface area (TPSA) is 117 Å². The van der Waals surface area contributed by atoms with E-state index in [4.69, 9.17) is 11.5 Å². The number of hydrogen-bond acceptors (Lipinski definition) is 3. The molecule has 0 spiro atoms. The van der Waals surface area contributed by atoms with Crippen molar-refractivity contribution >= 4 is 28.6 Å². The van der Waals surface area contributed by atoms with Crippen molar-refractivity contribution in [2.24, 2.45) is 16.5 Å². The molecule has 1 aromatic rings. The summed E-state index contributed by atoms with van der Waals surface area (Å²) < 4.78 is 22.7. The van der Waals surface area contributed by atoms with Gasteiger partial charge in [-0.15, -0.1) is 0 Å². The molecule has 0 heterocycles. The molecule has 0 amide bonds. The van der Waals surface area contributed by atoms with E-state index in [9.17, 15) is 8.76 Å². The van der Waals surface area contributed by atoms with Crippen LogP contribution < -0.4 is 16.2 Å². The van der Waals surface area contributed by atoms with Gasteiger partial charge in [-0.3, -0.25) is 4.21 Å². The summed E-state index contributed by atoms with van der Waals surface area (Å²) in [6.45, 7) is 0. The minimum Gasteiger partial charge on any atom is -0.755 e. The maximum absolute atomic E-state index is 10.3. The van der Waals surface area contributed by atoms with Gasteiger partial charge >= 0.3 is 0 Å². The summed E-state index contributed by atoms with van der Waals surface area (Å²) in [5, 5.41) is 0. The average molecular weight is 213 g/mol. The number of aliphatic imine (C=N–C) groups is 1. The van der Waals surface area contributed by atoms with Gasteiger partial charge in [0.15, 0.2) is 5.96 Å². The lowest BCUT2D eigenvalue weighted by Gasteiger charge is -2.07. The highest BCUT2D eigenvalue weighted by molar-refractivity contribution is 7.80. The summed E-state index contributed by atoms with van der Waals surface area (Å²) in [6, 6.07) is 6.29. The van der Waals surface area contributed by atoms with E-state index in [1.807, 2.05) is 0 Å². The summed E-state index contributed by atoms with van der Waals surface area (Å²) in [4.78, 5) is 3.77. The van der Waals surface area contributed by atoms with Crippen LogP contribution in [0, 0.1) is 0 Å². The predicted molar refractivity (Wildman–Crippen MR) is 54.5 cm³/mol. The van der Waals surface area contributed by atoms with Gasteiger partial charge in [0.05, 0.1) is 5.69 Å². The molecule has 0 aromatic heterocycles. The largest absolute Gasteiger partial charge is 0.755 e. The van der Waals surface area contributed by atoms with Crippen LogP contribution >= 0.6 is 0 Å². The van der Waals surface area contributed by atoms with Crippen molar-refractivity contribution in [3.8, 4) is 0 Å². The quantitative estimate of drug-likeness (QED) is 0.366. The van der Waals surface area contributed by atoms with Gasteiger partial charge in [-0.2, -0.15) is 0 Å². The number of hydrogen-bond donors (Lipinski definition) is 3. The molecular formula is C7H9N4O2S-. The first-order chi connectivity index (χ1) is 6.58. The third-order valence-electron chi connectivity index (χ3n) is 1.33. The molecule has 7 heteroatoms. The maximum Gasteiger partial charge on any atom is 0.191 e. The highest BCUT2D eigenvalue weighted by Crippen LogP contribution is 2.15. The van der Waals surface area contributed by atoms with Crippen LogP contribution in [0.25, 0.3) is 0 Å². The zero-order valence-electron chi connectivity index (χ0n) is 7.14. The summed E-state index contributed by atoms with van der Waals surface area (Å²) in [6.07, 6.45) is 0. The number of guanidine groups is 1. The summed E-state index contributed by atoms with van der Waals surface area (Å²) in [5.41, 5.74) is 11.3. The number of nitrogens with two attached hydrogens (primary N) is 2. The minimum absolute atomic E-state index is 0.0434. The van der Waals surface area contributed by atoms with Crippen molar-refractivity contribution < 1.29 is 8.76 Å². The van der Waals surface area contributed by atoms with Crippen LogP contribution in [0.4, 0.5) is 11.4 Å². The number of anilines is 1. The van der Waals surface area contributed by atoms with E-state index >= 15 is 0 Å². The Morgan fingerprint density at radius 3 is 2.36 bits per heavy atom. The van der Waals surface area contributed by atoms with Crippen LogP contribution in [0.2, 0.25) is 0 Å². The first kappa shape index (κ1) is 10.5. The lowest BCUT2D eigenvalue weighted by Crippen LogP contribution is -2.21. The second-order valence-electron chi connectivity index (χ2n) is 2.42. The molecular weight excluding hydrogens is 204 g/mol. The first-order valence-corrected chi connectivity index (χ1v) is 4.71. The zero-order valence-corrected chi connectivity index (χ0v) is 7.95. The van der Waals surface area contributed by atoms with Gasteiger partial charge in [-0.1, -0.05) is 0 Å². The smallest absolute Gasteiger partial charge is 0.191 e. The van der Waals surface area contributed by atoms with E-state index in [1.165, 1.54) is 0 Å². The molecule has 0 saturated heterocycles. The Morgan fingerprint density at radius 1 is 1.36 bits per heavy atom. The molecule has 6 nitrogen and oxygen atoms in total. The van der Waals surface area contributed by atoms with Gasteiger partial charge in [0.25, 0.3) is 0 Å². The Morgan fingerprint density at radius 2 is 1.93 bits per heavy atom. The van der Waals surface area contributed by atoms with Crippen LogP contribution in [-0.4, -0.2) is 14.7 Å². The van der Waals surface area contributed by atoms with E-state index in [1.54, 1.807) is 24.3 Å². The zero-order chi connectivity index (χ0) is 10.6. The molecule has 0 bridgehead atoms. The molecule has 1 unspecified atom stereocenters. The van der Waals surface area contributed by atoms with Crippen molar-refractivity contribution in [2.45, 2.75) is 0 Å². The second-order valence-corrected chi connectivity index (χ2v) is 3.09. The third-order valence-corrected chi connectivity index (χ3v) is 1.73. The molecule has 76 valence electrons. The van der Waals surface area contributed by atoms with E-state index < -0.39 is 11.3 Å². The van der Waals surface area contributed by atoms with Gasteiger partial charge in [0.1, 0.15) is 0 Å². The number of rotatable bonds is 3. The van der Waals surface area contributed by atoms with Crippen molar-refractivity contribution in [1.82, 2.24) is 0 Å². The lowest BCUT2D eigenvalue weighted by molar-refractivity contribution is 0.542. The monoisotopic (exact) mass is 213 g/mol. The van der Waals surface area contributed by atoms with E-state index in [0.29, 0.717) is 11.4 Å². The van der Waals surface area contributed by atoms with Gasteiger partial charge in [0.2, 0.25) is 0 Å². The molecule has 0 aliphatic carbocycles. The summed E-state index contributed by atoms with van der Waals surface area (Å²) in [7, 11) is 0. The van der Waals surface area contributed by atoms with Crippen molar-refractivity contribution in [3.63, 3.8) is 0 Å². The Balaban J connectivity index is 2.78. The van der Waals surface area contributed by atoms with Crippen LogP contribution in [0.5, 0.6) is 0 Å². The van der Waals surface area contributed by atoms with Gasteiger partial charge in [-0.25, -0.2) is 4.99 Å². The predicted octanol–water partition coefficient (Wildman–Crippen LogP) is -0.203. The standard InChI is InChI=1S/C7H10N4O2S/c8-7(9)10-5-1-3-6(4-2-5)11-14(12)13/h1-4,11H,(H,12,13)(H4,8,9,10)/p-1. The molecule has 0 aliphatic rings. The molecule has 0 fully saturated rings. The van der Waals surface area contributed by atoms with Gasteiger partial charge in [-0.05, 0) is 24.3 Å². The van der Waals surface area contributed by atoms with Gasteiger partial charge < -0.3 is 20.7 Å². The first-order valence-electron chi connectivity index (χ1n) is 3.63. The Labute approximate surface area is 83.4 Å². The molecule has 0 saturated carbocycles. The Kier molecular flexibility index (Phi) is 3.43. The average Bonchev–Trinajstić information content (AvgIpc) is 2.06. The highest BCUT2D eigenvalue weighted by Gasteiger charge is 1.92. The van der Waals surface area contributed by atoms with Gasteiger partial charge in [0, 0.05) is 17.0 Å². The summed E-state index contributed by atoms with van der Waals surface area (Å²) >= 11 is -2.32. The minimum atomic E-state index is -2.32. The second kappa shape index (κ2) is 4.58. The Bertz CT molecular complexity index is 358. The molecule has 14 heavy (non-hydrogen) atoms. The van der Waals surface area contributed by atoms with Crippen molar-refractivity contribution in [1.29, 1.82) is 0 Å². The van der Waals surface area contributed by atoms with E-state index in [0.717, 1.165) is 0 Å². The molecule has 1 atom stereocenters. The molecule has 0 aliphatic heterocycles. The van der Waals surface area contributed by atoms with E-state index in [2.05, 4.69) is 9.71 Å². The molecule has 1 rings (SSSR count). The van der Waals surface area contributed by atoms with Crippen molar-refractivity contribution in [3.05, 3.63) is 24.3 Å². The fourth-order valence-electron chi connectivity index (χ4n) is 0.849. The molecule has 0 radical (unpaired) electrons. The molecule has 5 N–H and O–H groups in total. The SMILES string of the molecule is NC(N)=Nc1ccc(NS(=O)[O-])cc1. The number of nitrogens with zero attached hydrogens (tertiary/aromatic N) is 1. The molecule has 1 aromatic carbocycles. The van der Waals surface area contributed by atoms with Crippen LogP contribution in [0.3, 0.4) is 0 Å². The van der Waals surface area contributed by atoms with Crippen LogP contribution in [0.15, 0.2) is 29.3 Å². The third kappa shape index (κ3) is 3.42. The normalized spacial score (nSPS) is 11.8. The highest BCUT2D eigenvalue weighted by atomic mass is 32.2. The summed E-state index contributed by atoms with van der Waals surface area (Å²) in [5.74, 6) is -0.0434. The Hall–Kier alpha value is -1.60. The lowest BCUT2D eigenvalue weighted by atomic mass is 10.3. The van der Waals surface area contributed by atoms with Crippen molar-refractivity contribution in [2.75, 3.05) is 4.72 Å². The maximum atomic E-state index is 10.3. The fourth-order valence-corrected chi connectivity index (χ4v) is 1.18.